The second kappa shape index (κ2) is 3.95. The van der Waals surface area contributed by atoms with Crippen LogP contribution in [0.3, 0.4) is 0 Å². The zero-order valence-electron chi connectivity index (χ0n) is 10.5. The van der Waals surface area contributed by atoms with Crippen LogP contribution in [0.1, 0.15) is 34.1 Å². The third kappa shape index (κ3) is 2.81. The Kier molecular flexibility index (Phi) is 3.44. The predicted molar refractivity (Wildman–Crippen MR) is 64.2 cm³/mol. The van der Waals surface area contributed by atoms with Crippen LogP contribution in [0.25, 0.3) is 0 Å². The molecule has 3 heteroatoms. The summed E-state index contributed by atoms with van der Waals surface area (Å²) in [5.74, 6) is 0. The van der Waals surface area contributed by atoms with E-state index in [1.165, 1.54) is 6.42 Å². The molecule has 1 rings (SSSR count). The molecule has 1 aliphatic rings. The molecular formula is C11H25NOSi. The summed E-state index contributed by atoms with van der Waals surface area (Å²) < 4.78 is 6.31. The van der Waals surface area contributed by atoms with Gasteiger partial charge in [0, 0.05) is 12.6 Å². The van der Waals surface area contributed by atoms with Crippen molar-refractivity contribution in [2.24, 2.45) is 0 Å². The molecular weight excluding hydrogens is 190 g/mol. The van der Waals surface area contributed by atoms with Gasteiger partial charge < -0.3 is 9.74 Å². The van der Waals surface area contributed by atoms with Crippen LogP contribution in [0.5, 0.6) is 0 Å². The molecule has 0 saturated carbocycles. The molecule has 0 aromatic carbocycles. The van der Waals surface area contributed by atoms with E-state index in [0.29, 0.717) is 17.2 Å². The molecule has 0 bridgehead atoms. The molecule has 0 aromatic heterocycles. The minimum Gasteiger partial charge on any atom is -0.413 e. The van der Waals surface area contributed by atoms with Gasteiger partial charge in [0.2, 0.25) is 0 Å². The van der Waals surface area contributed by atoms with E-state index < -0.39 is 8.32 Å². The second-order valence-electron chi connectivity index (χ2n) is 6.05. The Morgan fingerprint density at radius 2 is 1.86 bits per heavy atom. The Balaban J connectivity index is 2.51. The Hall–Kier alpha value is 0.137. The van der Waals surface area contributed by atoms with E-state index in [4.69, 9.17) is 4.43 Å². The molecule has 84 valence electrons. The molecule has 14 heavy (non-hydrogen) atoms. The van der Waals surface area contributed by atoms with E-state index in [9.17, 15) is 0 Å². The summed E-state index contributed by atoms with van der Waals surface area (Å²) in [6.07, 6.45) is 1.62. The first-order valence-corrected chi connectivity index (χ1v) is 8.54. The van der Waals surface area contributed by atoms with Gasteiger partial charge in [-0.1, -0.05) is 20.8 Å². The van der Waals surface area contributed by atoms with E-state index in [2.05, 4.69) is 46.1 Å². The molecule has 1 saturated heterocycles. The minimum absolute atomic E-state index is 0.332. The lowest BCUT2D eigenvalue weighted by molar-refractivity contribution is 0.198. The summed E-state index contributed by atoms with van der Waals surface area (Å²) in [5, 5.41) is 3.77. The number of hydrogen-bond acceptors (Lipinski definition) is 2. The fourth-order valence-corrected chi connectivity index (χ4v) is 2.94. The van der Waals surface area contributed by atoms with Crippen molar-refractivity contribution in [3.8, 4) is 0 Å². The Morgan fingerprint density at radius 3 is 2.21 bits per heavy atom. The lowest BCUT2D eigenvalue weighted by Crippen LogP contribution is -2.44. The number of hydrogen-bond donors (Lipinski definition) is 1. The molecule has 0 spiro atoms. The lowest BCUT2D eigenvalue weighted by Gasteiger charge is -2.38. The van der Waals surface area contributed by atoms with Crippen LogP contribution in [0.15, 0.2) is 0 Å². The van der Waals surface area contributed by atoms with Crippen molar-refractivity contribution in [1.29, 1.82) is 0 Å². The van der Waals surface area contributed by atoms with Gasteiger partial charge in [0.15, 0.2) is 8.32 Å². The van der Waals surface area contributed by atoms with E-state index in [1.807, 2.05) is 0 Å². The van der Waals surface area contributed by atoms with Crippen molar-refractivity contribution < 1.29 is 4.43 Å². The van der Waals surface area contributed by atoms with Crippen LogP contribution in [-0.4, -0.2) is 27.0 Å². The van der Waals surface area contributed by atoms with Gasteiger partial charge in [-0.15, -0.1) is 0 Å². The Labute approximate surface area is 89.6 Å². The number of rotatable bonds is 2. The van der Waals surface area contributed by atoms with Crippen LogP contribution < -0.4 is 5.32 Å². The second-order valence-corrected chi connectivity index (χ2v) is 10.8. The predicted octanol–water partition coefficient (Wildman–Crippen LogP) is 2.76. The summed E-state index contributed by atoms with van der Waals surface area (Å²) >= 11 is 0. The van der Waals surface area contributed by atoms with Crippen molar-refractivity contribution in [2.75, 3.05) is 6.54 Å². The van der Waals surface area contributed by atoms with Crippen LogP contribution in [0.4, 0.5) is 0 Å². The van der Waals surface area contributed by atoms with Crippen LogP contribution in [0, 0.1) is 0 Å². The molecule has 2 atom stereocenters. The monoisotopic (exact) mass is 215 g/mol. The van der Waals surface area contributed by atoms with Crippen molar-refractivity contribution >= 4 is 8.32 Å². The van der Waals surface area contributed by atoms with Crippen LogP contribution >= 0.6 is 0 Å². The average molecular weight is 215 g/mol. The number of nitrogens with one attached hydrogen (secondary N) is 1. The standard InChI is InChI=1S/C11H25NOSi/c1-9-7-10(8-12-9)13-14(5,6)11(2,3)4/h9-10,12H,7-8H2,1-6H3/t9-,10+/m0/s1. The molecule has 1 fully saturated rings. The summed E-state index contributed by atoms with van der Waals surface area (Å²) in [4.78, 5) is 0. The van der Waals surface area contributed by atoms with Gasteiger partial charge >= 0.3 is 0 Å². The van der Waals surface area contributed by atoms with Crippen molar-refractivity contribution in [3.63, 3.8) is 0 Å². The van der Waals surface area contributed by atoms with Crippen molar-refractivity contribution in [3.05, 3.63) is 0 Å². The maximum Gasteiger partial charge on any atom is 0.192 e. The van der Waals surface area contributed by atoms with Crippen molar-refractivity contribution in [2.45, 2.75) is 64.4 Å². The van der Waals surface area contributed by atoms with Gasteiger partial charge in [-0.25, -0.2) is 0 Å². The largest absolute Gasteiger partial charge is 0.413 e. The Bertz CT molecular complexity index is 198. The highest BCUT2D eigenvalue weighted by molar-refractivity contribution is 6.74. The van der Waals surface area contributed by atoms with Gasteiger partial charge in [0.05, 0.1) is 6.10 Å². The molecule has 0 amide bonds. The maximum absolute atomic E-state index is 6.31. The van der Waals surface area contributed by atoms with Crippen molar-refractivity contribution in [1.82, 2.24) is 5.32 Å². The molecule has 2 nitrogen and oxygen atoms in total. The molecule has 1 aliphatic heterocycles. The van der Waals surface area contributed by atoms with Gasteiger partial charge in [0.1, 0.15) is 0 Å². The topological polar surface area (TPSA) is 21.3 Å². The average Bonchev–Trinajstić information content (AvgIpc) is 2.31. The normalized spacial score (nSPS) is 29.6. The van der Waals surface area contributed by atoms with Gasteiger partial charge in [0.25, 0.3) is 0 Å². The fourth-order valence-electron chi connectivity index (χ4n) is 1.58. The molecule has 0 aromatic rings. The maximum atomic E-state index is 6.31. The lowest BCUT2D eigenvalue weighted by atomic mass is 10.2. The molecule has 0 unspecified atom stereocenters. The summed E-state index contributed by atoms with van der Waals surface area (Å²) in [5.41, 5.74) is 0. The SMILES string of the molecule is C[C@H]1C[C@@H](O[Si](C)(C)C(C)(C)C)CN1. The molecule has 1 N–H and O–H groups in total. The van der Waals surface area contributed by atoms with E-state index >= 15 is 0 Å². The highest BCUT2D eigenvalue weighted by Crippen LogP contribution is 2.38. The summed E-state index contributed by atoms with van der Waals surface area (Å²) in [6, 6.07) is 0.629. The fraction of sp³-hybridized carbons (Fsp3) is 1.00. The van der Waals surface area contributed by atoms with E-state index in [-0.39, 0.29) is 0 Å². The molecule has 0 radical (unpaired) electrons. The minimum atomic E-state index is -1.54. The first kappa shape index (κ1) is 12.2. The third-order valence-electron chi connectivity index (χ3n) is 3.58. The van der Waals surface area contributed by atoms with E-state index in [0.717, 1.165) is 6.54 Å². The Morgan fingerprint density at radius 1 is 1.29 bits per heavy atom. The highest BCUT2D eigenvalue weighted by atomic mass is 28.4. The quantitative estimate of drug-likeness (QED) is 0.715. The van der Waals surface area contributed by atoms with E-state index in [1.54, 1.807) is 0 Å². The van der Waals surface area contributed by atoms with Gasteiger partial charge in [-0.05, 0) is 31.5 Å². The van der Waals surface area contributed by atoms with Crippen LogP contribution in [0.2, 0.25) is 18.1 Å². The highest BCUT2D eigenvalue weighted by Gasteiger charge is 2.40. The van der Waals surface area contributed by atoms with Crippen LogP contribution in [-0.2, 0) is 4.43 Å². The first-order chi connectivity index (χ1) is 6.22. The molecule has 0 aliphatic carbocycles. The smallest absolute Gasteiger partial charge is 0.192 e. The zero-order valence-corrected chi connectivity index (χ0v) is 11.5. The van der Waals surface area contributed by atoms with Gasteiger partial charge in [-0.3, -0.25) is 0 Å². The summed E-state index contributed by atoms with van der Waals surface area (Å²) in [7, 11) is -1.54. The third-order valence-corrected chi connectivity index (χ3v) is 8.11. The summed E-state index contributed by atoms with van der Waals surface area (Å²) in [6.45, 7) is 14.8. The first-order valence-electron chi connectivity index (χ1n) is 5.63. The molecule has 1 heterocycles. The zero-order chi connectivity index (χ0) is 11.0. The van der Waals surface area contributed by atoms with Gasteiger partial charge in [-0.2, -0.15) is 0 Å².